The molecular formula is C43H48N2O9. The molecule has 1 unspecified atom stereocenters. The molecule has 0 aliphatic carbocycles. The van der Waals surface area contributed by atoms with Gasteiger partial charge in [-0.05, 0) is 96.5 Å². The van der Waals surface area contributed by atoms with E-state index >= 15 is 0 Å². The predicted octanol–water partition coefficient (Wildman–Crippen LogP) is 7.96. The lowest BCUT2D eigenvalue weighted by Crippen LogP contribution is -2.32. The van der Waals surface area contributed by atoms with Crippen LogP contribution in [0, 0.1) is 0 Å². The Bertz CT molecular complexity index is 1710. The number of hydrogen-bond donors (Lipinski definition) is 3. The molecule has 0 bridgehead atoms. The van der Waals surface area contributed by atoms with E-state index in [0.29, 0.717) is 6.61 Å². The van der Waals surface area contributed by atoms with Crippen molar-refractivity contribution < 1.29 is 43.4 Å². The lowest BCUT2D eigenvalue weighted by atomic mass is 10.0. The fraction of sp³-hybridized carbons (Fsp3) is 0.233. The molecule has 1 fully saturated rings. The van der Waals surface area contributed by atoms with Crippen LogP contribution in [-0.4, -0.2) is 57.2 Å². The quantitative estimate of drug-likeness (QED) is 0.0605. The zero-order valence-corrected chi connectivity index (χ0v) is 31.2. The van der Waals surface area contributed by atoms with Gasteiger partial charge in [0.1, 0.15) is 11.5 Å². The minimum absolute atomic E-state index is 0.237. The van der Waals surface area contributed by atoms with Crippen LogP contribution in [0.5, 0.6) is 11.5 Å². The van der Waals surface area contributed by atoms with Crippen molar-refractivity contribution in [1.82, 2.24) is 11.0 Å². The third-order valence-corrected chi connectivity index (χ3v) is 7.67. The molecule has 1 saturated heterocycles. The molecule has 5 rings (SSSR count). The van der Waals surface area contributed by atoms with Crippen molar-refractivity contribution in [2.75, 3.05) is 27.9 Å². The number of amides is 2. The van der Waals surface area contributed by atoms with Crippen LogP contribution in [0.25, 0.3) is 34.4 Å². The molecule has 54 heavy (non-hydrogen) atoms. The number of carbonyl (C=O) groups is 3. The molecule has 284 valence electrons. The van der Waals surface area contributed by atoms with Crippen molar-refractivity contribution in [3.63, 3.8) is 0 Å². The topological polar surface area (TPSA) is 142 Å². The smallest absolute Gasteiger partial charge is 0.330 e. The van der Waals surface area contributed by atoms with Crippen LogP contribution in [0.1, 0.15) is 44.2 Å². The van der Waals surface area contributed by atoms with Gasteiger partial charge in [0.2, 0.25) is 0 Å². The number of nitrogens with one attached hydrogen (secondary N) is 2. The monoisotopic (exact) mass is 736 g/mol. The first-order chi connectivity index (χ1) is 26.1. The second-order valence-electron chi connectivity index (χ2n) is 12.0. The summed E-state index contributed by atoms with van der Waals surface area (Å²) in [5.74, 6) is 0.516. The van der Waals surface area contributed by atoms with Crippen LogP contribution in [-0.2, 0) is 28.7 Å². The second-order valence-corrected chi connectivity index (χ2v) is 12.0. The van der Waals surface area contributed by atoms with Gasteiger partial charge in [-0.25, -0.2) is 20.6 Å². The largest absolute Gasteiger partial charge is 0.497 e. The summed E-state index contributed by atoms with van der Waals surface area (Å²) in [6, 6.07) is 31.4. The number of allylic oxidation sites excluding steroid dienone is 1. The van der Waals surface area contributed by atoms with Gasteiger partial charge in [-0.3, -0.25) is 14.8 Å². The number of benzene rings is 4. The van der Waals surface area contributed by atoms with Crippen molar-refractivity contribution in [2.45, 2.75) is 39.4 Å². The van der Waals surface area contributed by atoms with Gasteiger partial charge in [0.25, 0.3) is 11.8 Å². The Morgan fingerprint density at radius 2 is 1.13 bits per heavy atom. The van der Waals surface area contributed by atoms with Crippen LogP contribution in [0.15, 0.2) is 121 Å². The molecular weight excluding hydrogens is 688 g/mol. The molecule has 11 heteroatoms. The van der Waals surface area contributed by atoms with E-state index in [-0.39, 0.29) is 18.2 Å². The summed E-state index contributed by atoms with van der Waals surface area (Å²) in [7, 11) is 4.65. The average molecular weight is 737 g/mol. The lowest BCUT2D eigenvalue weighted by molar-refractivity contribution is -0.198. The molecule has 0 saturated carbocycles. The van der Waals surface area contributed by atoms with Gasteiger partial charge < -0.3 is 18.9 Å². The molecule has 1 atom stereocenters. The van der Waals surface area contributed by atoms with E-state index in [2.05, 4.69) is 10.2 Å². The molecule has 4 aromatic rings. The normalized spacial score (nSPS) is 13.3. The van der Waals surface area contributed by atoms with Gasteiger partial charge in [0, 0.05) is 31.3 Å². The zero-order chi connectivity index (χ0) is 39.1. The Kier molecular flexibility index (Phi) is 18.5. The van der Waals surface area contributed by atoms with E-state index in [0.717, 1.165) is 69.7 Å². The highest BCUT2D eigenvalue weighted by molar-refractivity contribution is 5.91. The summed E-state index contributed by atoms with van der Waals surface area (Å²) in [5, 5.41) is 8.39. The van der Waals surface area contributed by atoms with E-state index in [1.54, 1.807) is 31.9 Å². The number of ether oxygens (including phenoxy) is 4. The summed E-state index contributed by atoms with van der Waals surface area (Å²) in [6.45, 7) is 4.43. The van der Waals surface area contributed by atoms with Gasteiger partial charge in [-0.2, -0.15) is 0 Å². The van der Waals surface area contributed by atoms with Crippen molar-refractivity contribution in [2.24, 2.45) is 0 Å². The minimum atomic E-state index is -0.552. The Morgan fingerprint density at radius 1 is 0.667 bits per heavy atom. The highest BCUT2D eigenvalue weighted by Gasteiger charge is 2.15. The molecule has 3 N–H and O–H groups in total. The first-order valence-corrected chi connectivity index (χ1v) is 17.2. The van der Waals surface area contributed by atoms with E-state index in [1.165, 1.54) is 25.3 Å². The van der Waals surface area contributed by atoms with E-state index < -0.39 is 5.91 Å². The lowest BCUT2D eigenvalue weighted by Gasteiger charge is -2.21. The molecule has 1 heterocycles. The fourth-order valence-corrected chi connectivity index (χ4v) is 4.80. The summed E-state index contributed by atoms with van der Waals surface area (Å²) in [4.78, 5) is 38.1. The van der Waals surface area contributed by atoms with E-state index in [1.807, 2.05) is 111 Å². The number of esters is 1. The minimum Gasteiger partial charge on any atom is -0.497 e. The summed E-state index contributed by atoms with van der Waals surface area (Å²) in [6.07, 6.45) is 10.2. The molecule has 0 aromatic heterocycles. The summed E-state index contributed by atoms with van der Waals surface area (Å²) in [5.41, 5.74) is 11.1. The van der Waals surface area contributed by atoms with Crippen molar-refractivity contribution in [3.8, 4) is 33.8 Å². The number of carbonyl (C=O) groups excluding carboxylic acids is 3. The number of hydrogen-bond acceptors (Lipinski definition) is 9. The summed E-state index contributed by atoms with van der Waals surface area (Å²) >= 11 is 0. The molecule has 0 spiro atoms. The molecule has 0 radical (unpaired) electrons. The molecule has 1 aliphatic heterocycles. The van der Waals surface area contributed by atoms with Gasteiger partial charge >= 0.3 is 5.97 Å². The van der Waals surface area contributed by atoms with Crippen molar-refractivity contribution >= 4 is 29.9 Å². The number of rotatable bonds is 11. The Morgan fingerprint density at radius 3 is 1.52 bits per heavy atom. The molecule has 4 aromatic carbocycles. The van der Waals surface area contributed by atoms with Crippen LogP contribution < -0.4 is 20.4 Å². The van der Waals surface area contributed by atoms with Gasteiger partial charge in [0.15, 0.2) is 6.29 Å². The molecule has 11 nitrogen and oxygen atoms in total. The Hall–Kier alpha value is -6.01. The zero-order valence-electron chi connectivity index (χ0n) is 31.2. The van der Waals surface area contributed by atoms with Crippen LogP contribution in [0.3, 0.4) is 0 Å². The SMILES string of the molecule is CC(C)=CC(=O)NOC1CCCCO1.COC(=O)/C=C/c1ccc(-c2ccc(OC)cc2)cc1.COc1ccc(-c2ccc(/C=C/C(=O)NO)cc2)cc1. The van der Waals surface area contributed by atoms with Crippen molar-refractivity contribution in [1.29, 1.82) is 0 Å². The van der Waals surface area contributed by atoms with Crippen LogP contribution in [0.4, 0.5) is 0 Å². The van der Waals surface area contributed by atoms with E-state index in [4.69, 9.17) is 24.3 Å². The summed E-state index contributed by atoms with van der Waals surface area (Å²) < 4.78 is 20.1. The average Bonchev–Trinajstić information content (AvgIpc) is 3.22. The second kappa shape index (κ2) is 23.5. The molecule has 1 aliphatic rings. The maximum absolute atomic E-state index is 11.1. The number of methoxy groups -OCH3 is 3. The van der Waals surface area contributed by atoms with Gasteiger partial charge in [-0.1, -0.05) is 78.4 Å². The standard InChI is InChI=1S/C17H16O3.C16H15NO3.C10H17NO3/c1-19-16-10-8-15(9-11-16)14-6-3-13(4-7-14)5-12-17(18)20-2;1-20-15-9-7-14(8-10-15)13-5-2-12(3-6-13)4-11-16(18)17-19;1-8(2)7-9(12)11-14-10-5-3-4-6-13-10/h3-12H,1-2H3;2-11,19H,1H3,(H,17,18);7,10H,3-6H2,1-2H3,(H,11,12)/b12-5+;11-4+;. The maximum atomic E-state index is 11.1. The van der Waals surface area contributed by atoms with Gasteiger partial charge in [0.05, 0.1) is 21.3 Å². The number of hydroxylamine groups is 2. The third kappa shape index (κ3) is 15.7. The highest BCUT2D eigenvalue weighted by Crippen LogP contribution is 2.24. The maximum Gasteiger partial charge on any atom is 0.330 e. The molecule has 2 amide bonds. The Balaban J connectivity index is 0.000000222. The van der Waals surface area contributed by atoms with Crippen LogP contribution >= 0.6 is 0 Å². The van der Waals surface area contributed by atoms with E-state index in [9.17, 15) is 14.4 Å². The predicted molar refractivity (Wildman–Crippen MR) is 209 cm³/mol. The van der Waals surface area contributed by atoms with Crippen LogP contribution in [0.2, 0.25) is 0 Å². The first kappa shape index (κ1) is 42.4. The van der Waals surface area contributed by atoms with Gasteiger partial charge in [-0.15, -0.1) is 0 Å². The Labute approximate surface area is 316 Å². The van der Waals surface area contributed by atoms with Crippen molar-refractivity contribution in [3.05, 3.63) is 132 Å². The highest BCUT2D eigenvalue weighted by atomic mass is 16.8. The fourth-order valence-electron chi connectivity index (χ4n) is 4.80. The first-order valence-electron chi connectivity index (χ1n) is 17.2. The third-order valence-electron chi connectivity index (χ3n) is 7.67.